The van der Waals surface area contributed by atoms with E-state index < -0.39 is 0 Å². The van der Waals surface area contributed by atoms with E-state index in [-0.39, 0.29) is 17.4 Å². The van der Waals surface area contributed by atoms with Crippen molar-refractivity contribution in [1.29, 1.82) is 0 Å². The Bertz CT molecular complexity index is 691. The maximum atomic E-state index is 12.3. The third-order valence-corrected chi connectivity index (χ3v) is 4.52. The van der Waals surface area contributed by atoms with E-state index >= 15 is 0 Å². The molecule has 0 saturated heterocycles. The molecule has 1 aromatic heterocycles. The number of halogens is 1. The number of hydrogen-bond donors (Lipinski definition) is 2. The smallest absolute Gasteiger partial charge is 0.258 e. The van der Waals surface area contributed by atoms with Gasteiger partial charge in [-0.3, -0.25) is 4.79 Å². The monoisotopic (exact) mass is 334 g/mol. The van der Waals surface area contributed by atoms with Crippen LogP contribution in [0.15, 0.2) is 33.5 Å². The maximum absolute atomic E-state index is 12.3. The summed E-state index contributed by atoms with van der Waals surface area (Å²) in [5, 5.41) is 10.1. The number of aromatic hydroxyl groups is 1. The number of rotatable bonds is 2. The number of aromatic amines is 1. The van der Waals surface area contributed by atoms with Crippen LogP contribution in [0.1, 0.15) is 37.2 Å². The molecule has 0 amide bonds. The van der Waals surface area contributed by atoms with Crippen molar-refractivity contribution < 1.29 is 5.11 Å². The Morgan fingerprint density at radius 1 is 1.25 bits per heavy atom. The Morgan fingerprint density at radius 3 is 2.60 bits per heavy atom. The molecule has 1 aliphatic rings. The zero-order chi connectivity index (χ0) is 14.1. The normalized spacial score (nSPS) is 15.7. The first-order valence-electron chi connectivity index (χ1n) is 6.75. The summed E-state index contributed by atoms with van der Waals surface area (Å²) in [6.07, 6.45) is 4.12. The van der Waals surface area contributed by atoms with E-state index in [9.17, 15) is 9.90 Å². The highest BCUT2D eigenvalue weighted by Gasteiger charge is 2.24. The van der Waals surface area contributed by atoms with Crippen LogP contribution in [-0.2, 0) is 0 Å². The lowest BCUT2D eigenvalue weighted by Gasteiger charge is -2.11. The molecule has 1 fully saturated rings. The van der Waals surface area contributed by atoms with Gasteiger partial charge in [0.25, 0.3) is 5.56 Å². The van der Waals surface area contributed by atoms with Gasteiger partial charge < -0.3 is 10.1 Å². The molecule has 0 atom stereocenters. The van der Waals surface area contributed by atoms with E-state index in [1.807, 2.05) is 24.3 Å². The first-order chi connectivity index (χ1) is 9.66. The van der Waals surface area contributed by atoms with Crippen molar-refractivity contribution >= 4 is 15.9 Å². The van der Waals surface area contributed by atoms with E-state index in [4.69, 9.17) is 0 Å². The van der Waals surface area contributed by atoms with Crippen LogP contribution >= 0.6 is 15.9 Å². The van der Waals surface area contributed by atoms with E-state index in [2.05, 4.69) is 25.9 Å². The second kappa shape index (κ2) is 5.40. The van der Waals surface area contributed by atoms with Gasteiger partial charge in [0.15, 0.2) is 0 Å². The lowest BCUT2D eigenvalue weighted by Crippen LogP contribution is -2.17. The van der Waals surface area contributed by atoms with Crippen LogP contribution in [0.5, 0.6) is 5.88 Å². The number of aromatic nitrogens is 2. The summed E-state index contributed by atoms with van der Waals surface area (Å²) in [5.74, 6) is 0.396. The average Bonchev–Trinajstić information content (AvgIpc) is 2.92. The van der Waals surface area contributed by atoms with Crippen molar-refractivity contribution in [2.45, 2.75) is 31.6 Å². The van der Waals surface area contributed by atoms with E-state index in [0.717, 1.165) is 35.7 Å². The van der Waals surface area contributed by atoms with E-state index in [0.29, 0.717) is 11.4 Å². The van der Waals surface area contributed by atoms with Crippen LogP contribution in [0.25, 0.3) is 11.4 Å². The molecule has 1 aromatic carbocycles. The highest BCUT2D eigenvalue weighted by atomic mass is 79.9. The van der Waals surface area contributed by atoms with Gasteiger partial charge in [0, 0.05) is 10.0 Å². The molecule has 104 valence electrons. The Morgan fingerprint density at radius 2 is 1.95 bits per heavy atom. The SMILES string of the molecule is O=c1[nH]c(-c2ccccc2Br)nc(O)c1C1CCCC1. The summed E-state index contributed by atoms with van der Waals surface area (Å²) in [7, 11) is 0. The minimum absolute atomic E-state index is 0.133. The predicted molar refractivity (Wildman–Crippen MR) is 80.9 cm³/mol. The first kappa shape index (κ1) is 13.4. The molecule has 2 aromatic rings. The molecule has 0 bridgehead atoms. The molecular formula is C15H15BrN2O2. The van der Waals surface area contributed by atoms with Crippen LogP contribution in [0.2, 0.25) is 0 Å². The molecule has 0 radical (unpaired) electrons. The molecule has 0 aliphatic heterocycles. The van der Waals surface area contributed by atoms with Crippen LogP contribution < -0.4 is 5.56 Å². The number of nitrogens with zero attached hydrogens (tertiary/aromatic N) is 1. The standard InChI is InChI=1S/C15H15BrN2O2/c16-11-8-4-3-7-10(11)13-17-14(19)12(15(20)18-13)9-5-1-2-6-9/h3-4,7-9H,1-2,5-6H2,(H2,17,18,19,20). The van der Waals surface area contributed by atoms with Crippen molar-refractivity contribution in [3.63, 3.8) is 0 Å². The van der Waals surface area contributed by atoms with Crippen LogP contribution in [0, 0.1) is 0 Å². The third-order valence-electron chi connectivity index (χ3n) is 3.83. The van der Waals surface area contributed by atoms with Crippen LogP contribution in [-0.4, -0.2) is 15.1 Å². The van der Waals surface area contributed by atoms with Gasteiger partial charge in [-0.15, -0.1) is 0 Å². The molecule has 1 heterocycles. The van der Waals surface area contributed by atoms with Gasteiger partial charge in [-0.05, 0) is 24.8 Å². The summed E-state index contributed by atoms with van der Waals surface area (Å²) < 4.78 is 0.830. The lowest BCUT2D eigenvalue weighted by atomic mass is 10.00. The maximum Gasteiger partial charge on any atom is 0.258 e. The lowest BCUT2D eigenvalue weighted by molar-refractivity contribution is 0.436. The number of H-pyrrole nitrogens is 1. The molecule has 1 aliphatic carbocycles. The Balaban J connectivity index is 2.08. The van der Waals surface area contributed by atoms with Crippen molar-refractivity contribution in [2.75, 3.05) is 0 Å². The van der Waals surface area contributed by atoms with Crippen LogP contribution in [0.4, 0.5) is 0 Å². The van der Waals surface area contributed by atoms with Crippen molar-refractivity contribution in [3.05, 3.63) is 44.7 Å². The molecule has 0 unspecified atom stereocenters. The molecule has 2 N–H and O–H groups in total. The summed E-state index contributed by atoms with van der Waals surface area (Å²) in [4.78, 5) is 19.2. The minimum atomic E-state index is -0.227. The zero-order valence-corrected chi connectivity index (χ0v) is 12.5. The fourth-order valence-electron chi connectivity index (χ4n) is 2.83. The summed E-state index contributed by atoms with van der Waals surface area (Å²) in [6, 6.07) is 7.47. The predicted octanol–water partition coefficient (Wildman–Crippen LogP) is 3.56. The van der Waals surface area contributed by atoms with Crippen molar-refractivity contribution in [3.8, 4) is 17.3 Å². The van der Waals surface area contributed by atoms with Gasteiger partial charge in [0.2, 0.25) is 5.88 Å². The summed E-state index contributed by atoms with van der Waals surface area (Å²) in [6.45, 7) is 0. The molecule has 20 heavy (non-hydrogen) atoms. The number of nitrogens with one attached hydrogen (secondary N) is 1. The Kier molecular flexibility index (Phi) is 3.61. The summed E-state index contributed by atoms with van der Waals surface area (Å²) in [5.41, 5.74) is 0.978. The highest BCUT2D eigenvalue weighted by molar-refractivity contribution is 9.10. The largest absolute Gasteiger partial charge is 0.493 e. The third kappa shape index (κ3) is 2.38. The van der Waals surface area contributed by atoms with Crippen molar-refractivity contribution in [2.24, 2.45) is 0 Å². The van der Waals surface area contributed by atoms with E-state index in [1.54, 1.807) is 0 Å². The average molecular weight is 335 g/mol. The van der Waals surface area contributed by atoms with E-state index in [1.165, 1.54) is 0 Å². The van der Waals surface area contributed by atoms with Crippen molar-refractivity contribution in [1.82, 2.24) is 9.97 Å². The van der Waals surface area contributed by atoms with Crippen LogP contribution in [0.3, 0.4) is 0 Å². The Hall–Kier alpha value is -1.62. The van der Waals surface area contributed by atoms with Gasteiger partial charge in [-0.1, -0.05) is 47.0 Å². The number of benzene rings is 1. The quantitative estimate of drug-likeness (QED) is 0.882. The molecule has 5 heteroatoms. The molecule has 4 nitrogen and oxygen atoms in total. The Labute approximate surface area is 125 Å². The van der Waals surface area contributed by atoms with Gasteiger partial charge in [-0.2, -0.15) is 4.98 Å². The topological polar surface area (TPSA) is 66.0 Å². The van der Waals surface area contributed by atoms with Gasteiger partial charge in [-0.25, -0.2) is 0 Å². The highest BCUT2D eigenvalue weighted by Crippen LogP contribution is 2.36. The minimum Gasteiger partial charge on any atom is -0.493 e. The number of hydrogen-bond acceptors (Lipinski definition) is 3. The molecule has 3 rings (SSSR count). The molecular weight excluding hydrogens is 320 g/mol. The fraction of sp³-hybridized carbons (Fsp3) is 0.333. The van der Waals surface area contributed by atoms with Gasteiger partial charge in [0.1, 0.15) is 5.82 Å². The molecule has 0 spiro atoms. The zero-order valence-electron chi connectivity index (χ0n) is 10.9. The van der Waals surface area contributed by atoms with Gasteiger partial charge in [0.05, 0.1) is 5.56 Å². The summed E-state index contributed by atoms with van der Waals surface area (Å²) >= 11 is 3.42. The fourth-order valence-corrected chi connectivity index (χ4v) is 3.31. The molecule has 1 saturated carbocycles. The second-order valence-corrected chi connectivity index (χ2v) is 5.97. The van der Waals surface area contributed by atoms with Gasteiger partial charge >= 0.3 is 0 Å². The first-order valence-corrected chi connectivity index (χ1v) is 7.54. The second-order valence-electron chi connectivity index (χ2n) is 5.11.